The molecule has 1 unspecified atom stereocenters. The monoisotopic (exact) mass is 162 g/mol. The van der Waals surface area contributed by atoms with Crippen molar-refractivity contribution in [2.24, 2.45) is 11.8 Å². The Morgan fingerprint density at radius 2 is 1.92 bits per heavy atom. The molecule has 0 radical (unpaired) electrons. The summed E-state index contributed by atoms with van der Waals surface area (Å²) in [4.78, 5) is 0. The summed E-state index contributed by atoms with van der Waals surface area (Å²) in [6.45, 7) is 6.84. The van der Waals surface area contributed by atoms with E-state index in [0.717, 1.165) is 12.3 Å². The molecule has 0 bridgehead atoms. The van der Waals surface area contributed by atoms with Crippen LogP contribution in [0.15, 0.2) is 36.0 Å². The lowest BCUT2D eigenvalue weighted by atomic mass is 9.89. The van der Waals surface area contributed by atoms with Crippen molar-refractivity contribution in [1.82, 2.24) is 0 Å². The average Bonchev–Trinajstić information content (AvgIpc) is 2.30. The fraction of sp³-hybridized carbons (Fsp3) is 0.500. The van der Waals surface area contributed by atoms with Crippen LogP contribution in [0, 0.1) is 11.8 Å². The molecule has 0 heteroatoms. The van der Waals surface area contributed by atoms with Gasteiger partial charge in [0.05, 0.1) is 0 Å². The summed E-state index contributed by atoms with van der Waals surface area (Å²) in [5.74, 6) is 1.40. The van der Waals surface area contributed by atoms with Crippen LogP contribution in [0.4, 0.5) is 0 Å². The predicted molar refractivity (Wildman–Crippen MR) is 55.0 cm³/mol. The minimum atomic E-state index is 0.670. The molecule has 0 fully saturated rings. The van der Waals surface area contributed by atoms with Crippen LogP contribution in [0.3, 0.4) is 0 Å². The van der Waals surface area contributed by atoms with Crippen molar-refractivity contribution in [2.75, 3.05) is 0 Å². The van der Waals surface area contributed by atoms with Crippen LogP contribution in [-0.2, 0) is 0 Å². The lowest BCUT2D eigenvalue weighted by Gasteiger charge is -2.16. The molecule has 0 saturated heterocycles. The maximum absolute atomic E-state index is 2.29. The molecular formula is C12H18. The van der Waals surface area contributed by atoms with Crippen molar-refractivity contribution in [3.8, 4) is 0 Å². The first-order valence-corrected chi connectivity index (χ1v) is 4.75. The van der Waals surface area contributed by atoms with Gasteiger partial charge in [-0.2, -0.15) is 0 Å². The smallest absolute Gasteiger partial charge is 0.0163 e. The highest BCUT2D eigenvalue weighted by molar-refractivity contribution is 5.29. The maximum Gasteiger partial charge on any atom is -0.0163 e. The van der Waals surface area contributed by atoms with Gasteiger partial charge in [0, 0.05) is 0 Å². The van der Waals surface area contributed by atoms with Gasteiger partial charge in [0.1, 0.15) is 0 Å². The van der Waals surface area contributed by atoms with Gasteiger partial charge in [-0.25, -0.2) is 0 Å². The molecule has 66 valence electrons. The van der Waals surface area contributed by atoms with Gasteiger partial charge in [0.25, 0.3) is 0 Å². The summed E-state index contributed by atoms with van der Waals surface area (Å²) in [5, 5.41) is 0. The zero-order valence-corrected chi connectivity index (χ0v) is 8.25. The Bertz CT molecular complexity index is 216. The van der Waals surface area contributed by atoms with Crippen molar-refractivity contribution in [2.45, 2.75) is 27.2 Å². The lowest BCUT2D eigenvalue weighted by Crippen LogP contribution is -2.05. The quantitative estimate of drug-likeness (QED) is 0.580. The van der Waals surface area contributed by atoms with Gasteiger partial charge in [-0.05, 0) is 23.8 Å². The molecule has 0 aromatic heterocycles. The van der Waals surface area contributed by atoms with Crippen LogP contribution in [0.25, 0.3) is 0 Å². The molecular weight excluding hydrogens is 144 g/mol. The number of hydrogen-bond donors (Lipinski definition) is 0. The minimum Gasteiger partial charge on any atom is -0.0807 e. The topological polar surface area (TPSA) is 0 Å². The van der Waals surface area contributed by atoms with Crippen LogP contribution < -0.4 is 0 Å². The van der Waals surface area contributed by atoms with Gasteiger partial charge in [-0.3, -0.25) is 0 Å². The summed E-state index contributed by atoms with van der Waals surface area (Å²) in [6.07, 6.45) is 12.1. The van der Waals surface area contributed by atoms with E-state index in [1.165, 1.54) is 5.57 Å². The molecule has 1 atom stereocenters. The summed E-state index contributed by atoms with van der Waals surface area (Å²) in [7, 11) is 0. The van der Waals surface area contributed by atoms with Crippen molar-refractivity contribution in [3.63, 3.8) is 0 Å². The Labute approximate surface area is 75.7 Å². The van der Waals surface area contributed by atoms with E-state index in [9.17, 15) is 0 Å². The standard InChI is InChI=1S/C12H18/c1-10(2)11(3)12-8-6-4-5-7-9-12/h4,6-11H,5H2,1-3H3. The highest BCUT2D eigenvalue weighted by Crippen LogP contribution is 2.22. The molecule has 0 aliphatic heterocycles. The first kappa shape index (κ1) is 9.31. The number of hydrogen-bond acceptors (Lipinski definition) is 0. The van der Waals surface area contributed by atoms with E-state index < -0.39 is 0 Å². The highest BCUT2D eigenvalue weighted by Gasteiger charge is 2.09. The first-order valence-electron chi connectivity index (χ1n) is 4.75. The van der Waals surface area contributed by atoms with Crippen molar-refractivity contribution >= 4 is 0 Å². The number of allylic oxidation sites excluding steroid dienone is 6. The van der Waals surface area contributed by atoms with Crippen molar-refractivity contribution < 1.29 is 0 Å². The van der Waals surface area contributed by atoms with Crippen LogP contribution in [-0.4, -0.2) is 0 Å². The molecule has 1 aliphatic rings. The molecule has 0 aromatic rings. The third-order valence-corrected chi connectivity index (χ3v) is 2.53. The van der Waals surface area contributed by atoms with Gasteiger partial charge < -0.3 is 0 Å². The molecule has 0 aromatic carbocycles. The Hall–Kier alpha value is -0.780. The minimum absolute atomic E-state index is 0.670. The SMILES string of the molecule is CC(C)C(C)C1=CC=CCC=C1. The largest absolute Gasteiger partial charge is 0.0807 e. The van der Waals surface area contributed by atoms with Crippen LogP contribution in [0.2, 0.25) is 0 Å². The van der Waals surface area contributed by atoms with Crippen molar-refractivity contribution in [3.05, 3.63) is 36.0 Å². The summed E-state index contributed by atoms with van der Waals surface area (Å²) < 4.78 is 0. The number of rotatable bonds is 2. The molecule has 0 nitrogen and oxygen atoms in total. The summed E-state index contributed by atoms with van der Waals surface area (Å²) in [5.41, 5.74) is 1.46. The van der Waals surface area contributed by atoms with Crippen LogP contribution >= 0.6 is 0 Å². The third kappa shape index (κ3) is 2.37. The maximum atomic E-state index is 2.29. The van der Waals surface area contributed by atoms with E-state index in [0.29, 0.717) is 5.92 Å². The normalized spacial score (nSPS) is 19.2. The molecule has 0 N–H and O–H groups in total. The van der Waals surface area contributed by atoms with E-state index in [2.05, 4.69) is 51.2 Å². The Morgan fingerprint density at radius 3 is 2.58 bits per heavy atom. The fourth-order valence-electron chi connectivity index (χ4n) is 1.28. The van der Waals surface area contributed by atoms with Crippen molar-refractivity contribution in [1.29, 1.82) is 0 Å². The van der Waals surface area contributed by atoms with Crippen LogP contribution in [0.5, 0.6) is 0 Å². The van der Waals surface area contributed by atoms with E-state index in [1.54, 1.807) is 0 Å². The Balaban J connectivity index is 2.72. The molecule has 12 heavy (non-hydrogen) atoms. The second kappa shape index (κ2) is 4.30. The second-order valence-electron chi connectivity index (χ2n) is 3.77. The fourth-order valence-corrected chi connectivity index (χ4v) is 1.28. The van der Waals surface area contributed by atoms with E-state index in [-0.39, 0.29) is 0 Å². The van der Waals surface area contributed by atoms with Gasteiger partial charge in [-0.15, -0.1) is 0 Å². The van der Waals surface area contributed by atoms with Gasteiger partial charge >= 0.3 is 0 Å². The molecule has 0 heterocycles. The molecule has 0 amide bonds. The predicted octanol–water partition coefficient (Wildman–Crippen LogP) is 3.72. The van der Waals surface area contributed by atoms with Gasteiger partial charge in [0.15, 0.2) is 0 Å². The van der Waals surface area contributed by atoms with Gasteiger partial charge in [0.2, 0.25) is 0 Å². The zero-order chi connectivity index (χ0) is 8.97. The van der Waals surface area contributed by atoms with Crippen LogP contribution in [0.1, 0.15) is 27.2 Å². The third-order valence-electron chi connectivity index (χ3n) is 2.53. The molecule has 1 aliphatic carbocycles. The lowest BCUT2D eigenvalue weighted by molar-refractivity contribution is 0.488. The van der Waals surface area contributed by atoms with E-state index >= 15 is 0 Å². The first-order chi connectivity index (χ1) is 5.72. The molecule has 1 rings (SSSR count). The summed E-state index contributed by atoms with van der Waals surface area (Å²) >= 11 is 0. The second-order valence-corrected chi connectivity index (χ2v) is 3.77. The van der Waals surface area contributed by atoms with E-state index in [4.69, 9.17) is 0 Å². The van der Waals surface area contributed by atoms with Gasteiger partial charge in [-0.1, -0.05) is 51.2 Å². The Kier molecular flexibility index (Phi) is 3.33. The van der Waals surface area contributed by atoms with E-state index in [1.807, 2.05) is 0 Å². The molecule has 0 spiro atoms. The zero-order valence-electron chi connectivity index (χ0n) is 8.25. The average molecular weight is 162 g/mol. The molecule has 0 saturated carbocycles. The highest BCUT2D eigenvalue weighted by atomic mass is 14.1. The summed E-state index contributed by atoms with van der Waals surface area (Å²) in [6, 6.07) is 0. The Morgan fingerprint density at radius 1 is 1.17 bits per heavy atom.